The normalized spacial score (nSPS) is 30.5. The minimum Gasteiger partial charge on any atom is -0.368 e. The maximum atomic E-state index is 8.79. The van der Waals surface area contributed by atoms with Crippen LogP contribution in [-0.2, 0) is 4.74 Å². The van der Waals surface area contributed by atoms with Crippen LogP contribution >= 0.6 is 0 Å². The number of hydrogen-bond donors (Lipinski definition) is 0. The minimum absolute atomic E-state index is 0.0338. The van der Waals surface area contributed by atoms with Crippen LogP contribution < -0.4 is 0 Å². The van der Waals surface area contributed by atoms with Gasteiger partial charge in [0.05, 0.1) is 17.3 Å². The Morgan fingerprint density at radius 2 is 1.94 bits per heavy atom. The first kappa shape index (κ1) is 12.9. The average Bonchev–Trinajstić information content (AvgIpc) is 2.95. The smallest absolute Gasteiger partial charge is 0.0789 e. The molecule has 1 atom stereocenters. The number of hydrogen-bond acceptors (Lipinski definition) is 3. The Balaban J connectivity index is 2.10. The van der Waals surface area contributed by atoms with Crippen molar-refractivity contribution >= 4 is 0 Å². The molecule has 2 fully saturated rings. The van der Waals surface area contributed by atoms with Crippen LogP contribution in [0.25, 0.3) is 0 Å². The van der Waals surface area contributed by atoms with Gasteiger partial charge in [-0.3, -0.25) is 4.90 Å². The lowest BCUT2D eigenvalue weighted by molar-refractivity contribution is -0.0812. The Bertz CT molecular complexity index is 326. The molecule has 0 radical (unpaired) electrons. The summed E-state index contributed by atoms with van der Waals surface area (Å²) in [7, 11) is 0. The third-order valence-corrected chi connectivity index (χ3v) is 3.92. The summed E-state index contributed by atoms with van der Waals surface area (Å²) < 4.78 is 6.16. The minimum atomic E-state index is -0.0957. The lowest BCUT2D eigenvalue weighted by Crippen LogP contribution is -2.48. The van der Waals surface area contributed by atoms with Gasteiger partial charge < -0.3 is 4.74 Å². The van der Waals surface area contributed by atoms with Gasteiger partial charge in [-0.05, 0) is 47.0 Å². The van der Waals surface area contributed by atoms with Crippen molar-refractivity contribution in [3.05, 3.63) is 0 Å². The predicted octanol–water partition coefficient (Wildman–Crippen LogP) is 2.71. The topological polar surface area (TPSA) is 36.3 Å². The fourth-order valence-electron chi connectivity index (χ4n) is 3.23. The molecule has 0 amide bonds. The van der Waals surface area contributed by atoms with Gasteiger partial charge >= 0.3 is 0 Å². The molecule has 17 heavy (non-hydrogen) atoms. The largest absolute Gasteiger partial charge is 0.368 e. The number of rotatable bonds is 4. The van der Waals surface area contributed by atoms with Crippen molar-refractivity contribution in [2.45, 2.75) is 76.7 Å². The van der Waals surface area contributed by atoms with E-state index < -0.39 is 0 Å². The first-order valence-electron chi connectivity index (χ1n) is 6.69. The number of nitrogens with zero attached hydrogens (tertiary/aromatic N) is 2. The molecular weight excluding hydrogens is 212 g/mol. The van der Waals surface area contributed by atoms with E-state index in [2.05, 4.69) is 38.7 Å². The summed E-state index contributed by atoms with van der Waals surface area (Å²) in [5.41, 5.74) is -0.129. The fourth-order valence-corrected chi connectivity index (χ4v) is 3.23. The molecule has 0 aromatic rings. The molecule has 1 unspecified atom stereocenters. The van der Waals surface area contributed by atoms with Crippen molar-refractivity contribution in [1.29, 1.82) is 5.26 Å². The second kappa shape index (κ2) is 4.26. The summed E-state index contributed by atoms with van der Waals surface area (Å²) in [5, 5.41) is 8.79. The van der Waals surface area contributed by atoms with Gasteiger partial charge in [0.15, 0.2) is 0 Å². The fraction of sp³-hybridized carbons (Fsp3) is 0.929. The summed E-state index contributed by atoms with van der Waals surface area (Å²) in [6, 6.07) is 3.43. The Hall–Kier alpha value is -0.590. The van der Waals surface area contributed by atoms with E-state index in [-0.39, 0.29) is 11.2 Å². The molecule has 3 nitrogen and oxygen atoms in total. The molecule has 96 valence electrons. The Morgan fingerprint density at radius 3 is 2.35 bits per heavy atom. The average molecular weight is 236 g/mol. The van der Waals surface area contributed by atoms with Gasteiger partial charge in [0.25, 0.3) is 0 Å². The van der Waals surface area contributed by atoms with Crippen LogP contribution in [0.2, 0.25) is 0 Å². The van der Waals surface area contributed by atoms with E-state index in [1.165, 1.54) is 12.8 Å². The third-order valence-electron chi connectivity index (χ3n) is 3.92. The van der Waals surface area contributed by atoms with E-state index >= 15 is 0 Å². The SMILES string of the molecule is CC1(C)CC(N(CCC#N)C2CC2)C(C)(C)O1. The van der Waals surface area contributed by atoms with E-state index in [4.69, 9.17) is 10.00 Å². The van der Waals surface area contributed by atoms with Crippen LogP contribution in [0.5, 0.6) is 0 Å². The first-order valence-corrected chi connectivity index (χ1v) is 6.69. The summed E-state index contributed by atoms with van der Waals surface area (Å²) >= 11 is 0. The second-order valence-corrected chi connectivity index (χ2v) is 6.56. The molecule has 0 N–H and O–H groups in total. The Labute approximate surface area is 105 Å². The molecule has 0 aromatic heterocycles. The number of nitriles is 1. The molecule has 2 aliphatic rings. The van der Waals surface area contributed by atoms with Crippen molar-refractivity contribution in [1.82, 2.24) is 4.90 Å². The highest BCUT2D eigenvalue weighted by atomic mass is 16.5. The van der Waals surface area contributed by atoms with Crippen molar-refractivity contribution < 1.29 is 4.74 Å². The highest BCUT2D eigenvalue weighted by molar-refractivity contribution is 5.03. The number of ether oxygens (including phenoxy) is 1. The molecule has 1 aliphatic heterocycles. The molecule has 1 aliphatic carbocycles. The van der Waals surface area contributed by atoms with Gasteiger partial charge in [0.1, 0.15) is 0 Å². The molecule has 1 saturated heterocycles. The van der Waals surface area contributed by atoms with Gasteiger partial charge in [-0.1, -0.05) is 0 Å². The molecule has 1 saturated carbocycles. The van der Waals surface area contributed by atoms with E-state index in [1.807, 2.05) is 0 Å². The molecular formula is C14H24N2O. The van der Waals surface area contributed by atoms with Crippen LogP contribution in [0.3, 0.4) is 0 Å². The monoisotopic (exact) mass is 236 g/mol. The lowest BCUT2D eigenvalue weighted by Gasteiger charge is -2.36. The zero-order valence-electron chi connectivity index (χ0n) is 11.5. The van der Waals surface area contributed by atoms with E-state index in [0.29, 0.717) is 18.5 Å². The summed E-state index contributed by atoms with van der Waals surface area (Å²) in [5.74, 6) is 0. The first-order chi connectivity index (χ1) is 7.86. The van der Waals surface area contributed by atoms with Gasteiger partial charge in [-0.25, -0.2) is 0 Å². The van der Waals surface area contributed by atoms with Gasteiger partial charge in [-0.15, -0.1) is 0 Å². The van der Waals surface area contributed by atoms with Gasteiger partial charge in [0, 0.05) is 25.0 Å². The molecule has 1 heterocycles. The zero-order chi connectivity index (χ0) is 12.7. The quantitative estimate of drug-likeness (QED) is 0.753. The second-order valence-electron chi connectivity index (χ2n) is 6.56. The molecule has 0 bridgehead atoms. The van der Waals surface area contributed by atoms with Gasteiger partial charge in [-0.2, -0.15) is 5.26 Å². The van der Waals surface area contributed by atoms with E-state index in [9.17, 15) is 0 Å². The molecule has 0 aromatic carbocycles. The highest BCUT2D eigenvalue weighted by Gasteiger charge is 2.50. The van der Waals surface area contributed by atoms with Crippen LogP contribution in [0.15, 0.2) is 0 Å². The van der Waals surface area contributed by atoms with Crippen LogP contribution in [0.4, 0.5) is 0 Å². The van der Waals surface area contributed by atoms with Gasteiger partial charge in [0.2, 0.25) is 0 Å². The summed E-state index contributed by atoms with van der Waals surface area (Å²) in [6.45, 7) is 9.62. The van der Waals surface area contributed by atoms with Crippen molar-refractivity contribution in [3.63, 3.8) is 0 Å². The molecule has 2 rings (SSSR count). The Morgan fingerprint density at radius 1 is 1.29 bits per heavy atom. The van der Waals surface area contributed by atoms with Crippen molar-refractivity contribution in [2.75, 3.05) is 6.54 Å². The third kappa shape index (κ3) is 2.81. The van der Waals surface area contributed by atoms with E-state index in [0.717, 1.165) is 13.0 Å². The predicted molar refractivity (Wildman–Crippen MR) is 67.6 cm³/mol. The van der Waals surface area contributed by atoms with Crippen molar-refractivity contribution in [3.8, 4) is 6.07 Å². The summed E-state index contributed by atoms with van der Waals surface area (Å²) in [6.07, 6.45) is 4.28. The summed E-state index contributed by atoms with van der Waals surface area (Å²) in [4.78, 5) is 2.53. The lowest BCUT2D eigenvalue weighted by atomic mass is 9.92. The van der Waals surface area contributed by atoms with E-state index in [1.54, 1.807) is 0 Å². The molecule has 3 heteroatoms. The molecule has 0 spiro atoms. The van der Waals surface area contributed by atoms with Crippen LogP contribution in [-0.4, -0.2) is 34.7 Å². The highest BCUT2D eigenvalue weighted by Crippen LogP contribution is 2.43. The standard InChI is InChI=1S/C14H24N2O/c1-13(2)10-12(14(3,4)17-13)16(9-5-8-15)11-6-7-11/h11-12H,5-7,9-10H2,1-4H3. The Kier molecular flexibility index (Phi) is 3.22. The van der Waals surface area contributed by atoms with Crippen LogP contribution in [0.1, 0.15) is 53.4 Å². The van der Waals surface area contributed by atoms with Crippen LogP contribution in [0, 0.1) is 11.3 Å². The zero-order valence-corrected chi connectivity index (χ0v) is 11.5. The van der Waals surface area contributed by atoms with Crippen molar-refractivity contribution in [2.24, 2.45) is 0 Å². The maximum Gasteiger partial charge on any atom is 0.0789 e. The maximum absolute atomic E-state index is 8.79.